The molecule has 0 N–H and O–H groups in total. The molecule has 2 unspecified atom stereocenters. The van der Waals surface area contributed by atoms with Gasteiger partial charge in [-0.2, -0.15) is 0 Å². The topological polar surface area (TPSA) is 35.5 Å². The van der Waals surface area contributed by atoms with E-state index in [2.05, 4.69) is 6.92 Å². The Labute approximate surface area is 134 Å². The largest absolute Gasteiger partial charge is 0.344 e. The molecule has 1 aromatic rings. The Balaban J connectivity index is 1.70. The van der Waals surface area contributed by atoms with E-state index in [1.165, 1.54) is 32.1 Å². The van der Waals surface area contributed by atoms with Crippen LogP contribution in [0, 0.1) is 0 Å². The van der Waals surface area contributed by atoms with Gasteiger partial charge < -0.3 is 9.47 Å². The SMILES string of the molecule is CCCCCCCCCC(=O)C1OCOC1c1ccccc1. The van der Waals surface area contributed by atoms with Gasteiger partial charge in [0.15, 0.2) is 5.78 Å². The Morgan fingerprint density at radius 3 is 2.41 bits per heavy atom. The van der Waals surface area contributed by atoms with E-state index in [-0.39, 0.29) is 18.7 Å². The van der Waals surface area contributed by atoms with Crippen LogP contribution in [-0.4, -0.2) is 18.7 Å². The first kappa shape index (κ1) is 17.2. The molecule has 0 bridgehead atoms. The summed E-state index contributed by atoms with van der Waals surface area (Å²) in [6, 6.07) is 9.89. The number of ether oxygens (including phenoxy) is 2. The summed E-state index contributed by atoms with van der Waals surface area (Å²) in [6.07, 6.45) is 8.48. The maximum Gasteiger partial charge on any atom is 0.164 e. The van der Waals surface area contributed by atoms with Crippen LogP contribution in [0.25, 0.3) is 0 Å². The van der Waals surface area contributed by atoms with Gasteiger partial charge in [-0.1, -0.05) is 75.8 Å². The van der Waals surface area contributed by atoms with Crippen LogP contribution in [-0.2, 0) is 14.3 Å². The van der Waals surface area contributed by atoms with Gasteiger partial charge in [0, 0.05) is 6.42 Å². The number of rotatable bonds is 10. The Morgan fingerprint density at radius 1 is 1.00 bits per heavy atom. The van der Waals surface area contributed by atoms with Crippen LogP contribution >= 0.6 is 0 Å². The van der Waals surface area contributed by atoms with E-state index in [9.17, 15) is 4.79 Å². The summed E-state index contributed by atoms with van der Waals surface area (Å²) in [5.74, 6) is 0.180. The zero-order valence-corrected chi connectivity index (χ0v) is 13.6. The van der Waals surface area contributed by atoms with Gasteiger partial charge in [-0.15, -0.1) is 0 Å². The van der Waals surface area contributed by atoms with Gasteiger partial charge in [0.1, 0.15) is 19.0 Å². The lowest BCUT2D eigenvalue weighted by molar-refractivity contribution is -0.128. The van der Waals surface area contributed by atoms with Gasteiger partial charge in [0.05, 0.1) is 0 Å². The van der Waals surface area contributed by atoms with Crippen LogP contribution in [0.4, 0.5) is 0 Å². The van der Waals surface area contributed by atoms with Crippen LogP contribution in [0.5, 0.6) is 0 Å². The maximum absolute atomic E-state index is 12.4. The van der Waals surface area contributed by atoms with E-state index >= 15 is 0 Å². The highest BCUT2D eigenvalue weighted by molar-refractivity contribution is 5.84. The van der Waals surface area contributed by atoms with Gasteiger partial charge in [-0.05, 0) is 12.0 Å². The van der Waals surface area contributed by atoms with Crippen LogP contribution in [0.1, 0.15) is 70.0 Å². The number of benzene rings is 1. The van der Waals surface area contributed by atoms with Crippen molar-refractivity contribution in [1.82, 2.24) is 0 Å². The Hall–Kier alpha value is -1.19. The minimum absolute atomic E-state index is 0.180. The normalized spacial score (nSPS) is 21.1. The monoisotopic (exact) mass is 304 g/mol. The molecule has 1 saturated heterocycles. The molecule has 0 spiro atoms. The van der Waals surface area contributed by atoms with Crippen molar-refractivity contribution in [2.75, 3.05) is 6.79 Å². The number of ketones is 1. The number of carbonyl (C=O) groups is 1. The predicted octanol–water partition coefficient (Wildman–Crippen LogP) is 4.81. The van der Waals surface area contributed by atoms with Crippen LogP contribution in [0.15, 0.2) is 30.3 Å². The molecule has 2 rings (SSSR count). The quantitative estimate of drug-likeness (QED) is 0.582. The first-order valence-electron chi connectivity index (χ1n) is 8.63. The molecule has 122 valence electrons. The van der Waals surface area contributed by atoms with Crippen molar-refractivity contribution in [3.8, 4) is 0 Å². The Bertz CT molecular complexity index is 430. The molecular weight excluding hydrogens is 276 g/mol. The lowest BCUT2D eigenvalue weighted by Crippen LogP contribution is -2.25. The first-order chi connectivity index (χ1) is 10.8. The second kappa shape index (κ2) is 9.75. The molecule has 1 aliphatic rings. The highest BCUT2D eigenvalue weighted by atomic mass is 16.7. The summed E-state index contributed by atoms with van der Waals surface area (Å²) in [6.45, 7) is 2.44. The average Bonchev–Trinajstić information content (AvgIpc) is 3.04. The van der Waals surface area contributed by atoms with E-state index in [0.29, 0.717) is 6.42 Å². The summed E-state index contributed by atoms with van der Waals surface area (Å²) in [7, 11) is 0. The Morgan fingerprint density at radius 2 is 1.68 bits per heavy atom. The predicted molar refractivity (Wildman–Crippen MR) is 87.6 cm³/mol. The molecule has 0 aromatic heterocycles. The summed E-state index contributed by atoms with van der Waals surface area (Å²) < 4.78 is 11.1. The molecule has 3 nitrogen and oxygen atoms in total. The fraction of sp³-hybridized carbons (Fsp3) is 0.632. The number of unbranched alkanes of at least 4 members (excludes halogenated alkanes) is 6. The number of Topliss-reactive ketones (excluding diaryl/α,β-unsaturated/α-hetero) is 1. The highest BCUT2D eigenvalue weighted by Crippen LogP contribution is 2.30. The van der Waals surface area contributed by atoms with Gasteiger partial charge >= 0.3 is 0 Å². The highest BCUT2D eigenvalue weighted by Gasteiger charge is 2.35. The fourth-order valence-corrected chi connectivity index (χ4v) is 2.93. The molecule has 1 fully saturated rings. The minimum atomic E-state index is -0.428. The number of carbonyl (C=O) groups excluding carboxylic acids is 1. The molecule has 3 heteroatoms. The molecule has 0 amide bonds. The van der Waals surface area contributed by atoms with Crippen molar-refractivity contribution < 1.29 is 14.3 Å². The lowest BCUT2D eigenvalue weighted by atomic mass is 9.98. The third-order valence-electron chi connectivity index (χ3n) is 4.24. The third kappa shape index (κ3) is 5.22. The van der Waals surface area contributed by atoms with Gasteiger partial charge in [0.2, 0.25) is 0 Å². The molecule has 22 heavy (non-hydrogen) atoms. The van der Waals surface area contributed by atoms with Crippen LogP contribution in [0.3, 0.4) is 0 Å². The molecule has 1 heterocycles. The summed E-state index contributed by atoms with van der Waals surface area (Å²) in [4.78, 5) is 12.4. The van der Waals surface area contributed by atoms with Crippen LogP contribution < -0.4 is 0 Å². The van der Waals surface area contributed by atoms with Crippen molar-refractivity contribution in [3.05, 3.63) is 35.9 Å². The molecule has 0 saturated carbocycles. The second-order valence-corrected chi connectivity index (χ2v) is 6.04. The standard InChI is InChI=1S/C19H28O3/c1-2-3-4-5-6-7-11-14-17(20)19-18(21-15-22-19)16-12-9-8-10-13-16/h8-10,12-13,18-19H,2-7,11,14-15H2,1H3. The van der Waals surface area contributed by atoms with Crippen molar-refractivity contribution in [2.24, 2.45) is 0 Å². The number of hydrogen-bond donors (Lipinski definition) is 0. The minimum Gasteiger partial charge on any atom is -0.344 e. The fourth-order valence-electron chi connectivity index (χ4n) is 2.93. The van der Waals surface area contributed by atoms with Crippen molar-refractivity contribution in [2.45, 2.75) is 70.5 Å². The summed E-state index contributed by atoms with van der Waals surface area (Å²) in [5, 5.41) is 0. The molecule has 2 atom stereocenters. The smallest absolute Gasteiger partial charge is 0.164 e. The summed E-state index contributed by atoms with van der Waals surface area (Å²) >= 11 is 0. The van der Waals surface area contributed by atoms with Gasteiger partial charge in [-0.3, -0.25) is 4.79 Å². The van der Waals surface area contributed by atoms with Crippen molar-refractivity contribution in [3.63, 3.8) is 0 Å². The molecule has 0 radical (unpaired) electrons. The molecule has 0 aliphatic carbocycles. The van der Waals surface area contributed by atoms with E-state index in [1.807, 2.05) is 30.3 Å². The Kier molecular flexibility index (Phi) is 7.61. The lowest BCUT2D eigenvalue weighted by Gasteiger charge is -2.16. The average molecular weight is 304 g/mol. The van der Waals surface area contributed by atoms with Crippen LogP contribution in [0.2, 0.25) is 0 Å². The van der Waals surface area contributed by atoms with Crippen molar-refractivity contribution in [1.29, 1.82) is 0 Å². The third-order valence-corrected chi connectivity index (χ3v) is 4.24. The van der Waals surface area contributed by atoms with E-state index in [1.54, 1.807) is 0 Å². The van der Waals surface area contributed by atoms with Gasteiger partial charge in [0.25, 0.3) is 0 Å². The van der Waals surface area contributed by atoms with E-state index < -0.39 is 6.10 Å². The van der Waals surface area contributed by atoms with E-state index in [0.717, 1.165) is 18.4 Å². The van der Waals surface area contributed by atoms with Gasteiger partial charge in [-0.25, -0.2) is 0 Å². The maximum atomic E-state index is 12.4. The van der Waals surface area contributed by atoms with E-state index in [4.69, 9.17) is 9.47 Å². The molecule has 1 aromatic carbocycles. The molecular formula is C19H28O3. The zero-order valence-electron chi connectivity index (χ0n) is 13.6. The zero-order chi connectivity index (χ0) is 15.6. The van der Waals surface area contributed by atoms with Crippen molar-refractivity contribution >= 4 is 5.78 Å². The number of hydrogen-bond acceptors (Lipinski definition) is 3. The molecule has 1 aliphatic heterocycles. The first-order valence-corrected chi connectivity index (χ1v) is 8.63. The second-order valence-electron chi connectivity index (χ2n) is 6.04. The summed E-state index contributed by atoms with van der Waals surface area (Å²) in [5.41, 5.74) is 1.03.